The maximum absolute atomic E-state index is 13.1. The molecule has 2 aliphatic heterocycles. The van der Waals surface area contributed by atoms with E-state index in [-0.39, 0.29) is 17.9 Å². The molecule has 2 bridgehead atoms. The van der Waals surface area contributed by atoms with Gasteiger partial charge < -0.3 is 14.4 Å². The van der Waals surface area contributed by atoms with E-state index >= 15 is 0 Å². The number of para-hydroxylation sites is 1. The molecule has 0 unspecified atom stereocenters. The normalized spacial score (nSPS) is 21.6. The van der Waals surface area contributed by atoms with E-state index in [4.69, 9.17) is 9.47 Å². The summed E-state index contributed by atoms with van der Waals surface area (Å²) in [4.78, 5) is 14.7. The molecular weight excluding hydrogens is 466 g/mol. The van der Waals surface area contributed by atoms with Crippen molar-refractivity contribution in [2.45, 2.75) is 44.6 Å². The van der Waals surface area contributed by atoms with Crippen LogP contribution in [-0.4, -0.2) is 69.9 Å². The third kappa shape index (κ3) is 5.17. The fourth-order valence-electron chi connectivity index (χ4n) is 5.20. The fraction of sp³-hybridized carbons (Fsp3) is 0.500. The number of hydrogen-bond acceptors (Lipinski definition) is 5. The van der Waals surface area contributed by atoms with Gasteiger partial charge in [-0.05, 0) is 55.0 Å². The zero-order chi connectivity index (χ0) is 25.2. The van der Waals surface area contributed by atoms with Gasteiger partial charge in [0, 0.05) is 51.8 Å². The average molecular weight is 502 g/mol. The molecule has 1 amide bonds. The largest absolute Gasteiger partial charge is 0.493 e. The third-order valence-corrected chi connectivity index (χ3v) is 8.88. The van der Waals surface area contributed by atoms with Crippen LogP contribution >= 0.6 is 0 Å². The van der Waals surface area contributed by atoms with Crippen LogP contribution in [0.4, 0.5) is 5.69 Å². The van der Waals surface area contributed by atoms with Gasteiger partial charge in [0.1, 0.15) is 0 Å². The number of hydrogen-bond donors (Lipinski definition) is 0. The summed E-state index contributed by atoms with van der Waals surface area (Å²) in [5.74, 6) is 1.31. The molecule has 0 N–H and O–H groups in total. The van der Waals surface area contributed by atoms with E-state index in [1.807, 2.05) is 41.3 Å². The van der Waals surface area contributed by atoms with Gasteiger partial charge in [-0.15, -0.1) is 0 Å². The Bertz CT molecular complexity index is 1170. The van der Waals surface area contributed by atoms with E-state index in [0.717, 1.165) is 23.2 Å². The lowest BCUT2D eigenvalue weighted by Crippen LogP contribution is -2.43. The quantitative estimate of drug-likeness (QED) is 0.644. The lowest BCUT2D eigenvalue weighted by Gasteiger charge is -2.31. The van der Waals surface area contributed by atoms with Crippen LogP contribution < -0.4 is 14.4 Å². The van der Waals surface area contributed by atoms with E-state index in [2.05, 4.69) is 6.07 Å². The van der Waals surface area contributed by atoms with Crippen molar-refractivity contribution < 1.29 is 22.7 Å². The predicted molar refractivity (Wildman–Crippen MR) is 136 cm³/mol. The Morgan fingerprint density at radius 2 is 1.89 bits per heavy atom. The van der Waals surface area contributed by atoms with Gasteiger partial charge in [0.2, 0.25) is 5.91 Å². The minimum atomic E-state index is -3.58. The monoisotopic (exact) mass is 501 g/mol. The first-order valence-electron chi connectivity index (χ1n) is 12.1. The summed E-state index contributed by atoms with van der Waals surface area (Å²) < 4.78 is 40.6. The van der Waals surface area contributed by atoms with Gasteiger partial charge in [0.25, 0.3) is 10.2 Å². The van der Waals surface area contributed by atoms with Crippen molar-refractivity contribution in [1.29, 1.82) is 0 Å². The molecule has 2 aromatic rings. The van der Waals surface area contributed by atoms with Crippen LogP contribution in [0.25, 0.3) is 0 Å². The van der Waals surface area contributed by atoms with E-state index in [9.17, 15) is 13.2 Å². The van der Waals surface area contributed by atoms with E-state index in [1.54, 1.807) is 32.4 Å². The Morgan fingerprint density at radius 1 is 1.11 bits per heavy atom. The molecule has 0 saturated heterocycles. The number of amides is 1. The zero-order valence-corrected chi connectivity index (χ0v) is 21.8. The summed E-state index contributed by atoms with van der Waals surface area (Å²) in [7, 11) is 1.17. The third-order valence-electron chi connectivity index (χ3n) is 6.94. The topological polar surface area (TPSA) is 79.4 Å². The Labute approximate surface area is 208 Å². The average Bonchev–Trinajstić information content (AvgIpc) is 3.13. The SMILES string of the molecule is COc1ccc2cc1OCCCCN(S(=O)(=O)N(C)C)CC[C@@H]1c3ccccc3N(C(C)=O)[C@@H]1C2. The number of rotatable bonds is 3. The molecule has 4 rings (SSSR count). The molecule has 0 radical (unpaired) electrons. The number of nitrogens with zero attached hydrogens (tertiary/aromatic N) is 3. The molecular formula is C26H35N3O5S. The van der Waals surface area contributed by atoms with Gasteiger partial charge in [-0.25, -0.2) is 0 Å². The Hall–Kier alpha value is -2.62. The molecule has 0 spiro atoms. The Kier molecular flexibility index (Phi) is 7.68. The molecule has 0 saturated carbocycles. The van der Waals surface area contributed by atoms with E-state index in [0.29, 0.717) is 50.5 Å². The molecule has 0 fully saturated rings. The Morgan fingerprint density at radius 3 is 2.60 bits per heavy atom. The van der Waals surface area contributed by atoms with Crippen molar-refractivity contribution in [3.63, 3.8) is 0 Å². The van der Waals surface area contributed by atoms with Crippen molar-refractivity contribution in [3.8, 4) is 11.5 Å². The molecule has 9 heteroatoms. The summed E-state index contributed by atoms with van der Waals surface area (Å²) >= 11 is 0. The maximum Gasteiger partial charge on any atom is 0.281 e. The Balaban J connectivity index is 1.76. The fourth-order valence-corrected chi connectivity index (χ4v) is 6.36. The smallest absolute Gasteiger partial charge is 0.281 e. The standard InChI is InChI=1S/C26H35N3O5S/c1-19(30)29-23-10-6-5-9-21(23)22-13-15-28(35(31,32)27(2)3)14-7-8-16-34-26-18-20(17-24(22)29)11-12-25(26)33-4/h5-6,9-12,18,22,24H,7-8,13-17H2,1-4H3/t22-,24-/m1/s1. The lowest BCUT2D eigenvalue weighted by molar-refractivity contribution is -0.117. The number of anilines is 1. The number of carbonyl (C=O) groups is 1. The first-order chi connectivity index (χ1) is 16.7. The first kappa shape index (κ1) is 25.5. The number of benzene rings is 2. The summed E-state index contributed by atoms with van der Waals surface area (Å²) in [6.45, 7) is 2.86. The maximum atomic E-state index is 13.1. The van der Waals surface area contributed by atoms with Crippen LogP contribution in [0.1, 0.15) is 43.2 Å². The number of methoxy groups -OCH3 is 1. The first-order valence-corrected chi connectivity index (χ1v) is 13.5. The van der Waals surface area contributed by atoms with Gasteiger partial charge in [0.05, 0.1) is 13.7 Å². The number of carbonyl (C=O) groups excluding carboxylic acids is 1. The zero-order valence-electron chi connectivity index (χ0n) is 20.9. The van der Waals surface area contributed by atoms with Crippen molar-refractivity contribution in [2.75, 3.05) is 45.8 Å². The molecule has 2 aliphatic rings. The van der Waals surface area contributed by atoms with Gasteiger partial charge in [-0.3, -0.25) is 4.79 Å². The van der Waals surface area contributed by atoms with Crippen LogP contribution in [-0.2, 0) is 21.4 Å². The van der Waals surface area contributed by atoms with Crippen LogP contribution in [0.15, 0.2) is 42.5 Å². The van der Waals surface area contributed by atoms with Crippen molar-refractivity contribution in [3.05, 3.63) is 53.6 Å². The van der Waals surface area contributed by atoms with Gasteiger partial charge >= 0.3 is 0 Å². The highest BCUT2D eigenvalue weighted by Gasteiger charge is 2.41. The van der Waals surface area contributed by atoms with Crippen molar-refractivity contribution in [2.24, 2.45) is 0 Å². The second kappa shape index (κ2) is 10.6. The predicted octanol–water partition coefficient (Wildman–Crippen LogP) is 3.43. The molecule has 35 heavy (non-hydrogen) atoms. The molecule has 0 aliphatic carbocycles. The van der Waals surface area contributed by atoms with Gasteiger partial charge in [-0.2, -0.15) is 17.0 Å². The minimum Gasteiger partial charge on any atom is -0.493 e. The molecule has 2 heterocycles. The summed E-state index contributed by atoms with van der Waals surface area (Å²) in [5, 5.41) is 0. The second-order valence-corrected chi connectivity index (χ2v) is 11.5. The summed E-state index contributed by atoms with van der Waals surface area (Å²) in [6.07, 6.45) is 2.65. The second-order valence-electron chi connectivity index (χ2n) is 9.34. The van der Waals surface area contributed by atoms with Crippen LogP contribution in [0.5, 0.6) is 11.5 Å². The molecule has 2 atom stereocenters. The van der Waals surface area contributed by atoms with E-state index < -0.39 is 10.2 Å². The van der Waals surface area contributed by atoms with Crippen molar-refractivity contribution in [1.82, 2.24) is 8.61 Å². The highest BCUT2D eigenvalue weighted by Crippen LogP contribution is 2.44. The summed E-state index contributed by atoms with van der Waals surface area (Å²) in [6, 6.07) is 13.8. The summed E-state index contributed by atoms with van der Waals surface area (Å²) in [5.41, 5.74) is 3.04. The minimum absolute atomic E-state index is 0.00405. The van der Waals surface area contributed by atoms with E-state index in [1.165, 1.54) is 4.31 Å². The van der Waals surface area contributed by atoms with Crippen molar-refractivity contribution >= 4 is 21.8 Å². The van der Waals surface area contributed by atoms with Crippen LogP contribution in [0.3, 0.4) is 0 Å². The highest BCUT2D eigenvalue weighted by molar-refractivity contribution is 7.86. The van der Waals surface area contributed by atoms with Gasteiger partial charge in [-0.1, -0.05) is 24.3 Å². The number of ether oxygens (including phenoxy) is 2. The highest BCUT2D eigenvalue weighted by atomic mass is 32.2. The van der Waals surface area contributed by atoms with Crippen LogP contribution in [0, 0.1) is 0 Å². The molecule has 190 valence electrons. The number of fused-ring (bicyclic) bond motifs is 5. The van der Waals surface area contributed by atoms with Gasteiger partial charge in [0.15, 0.2) is 11.5 Å². The van der Waals surface area contributed by atoms with Crippen LogP contribution in [0.2, 0.25) is 0 Å². The lowest BCUT2D eigenvalue weighted by atomic mass is 9.88. The molecule has 2 aromatic carbocycles. The molecule has 0 aromatic heterocycles. The molecule has 8 nitrogen and oxygen atoms in total.